The predicted molar refractivity (Wildman–Crippen MR) is 142 cm³/mol. The molecule has 1 fully saturated rings. The highest BCUT2D eigenvalue weighted by Gasteiger charge is 2.27. The number of nitrogens with zero attached hydrogens (tertiary/aromatic N) is 4. The van der Waals surface area contributed by atoms with Gasteiger partial charge >= 0.3 is 0 Å². The van der Waals surface area contributed by atoms with Crippen LogP contribution in [0.1, 0.15) is 17.5 Å². The number of methoxy groups -OCH3 is 1. The van der Waals surface area contributed by atoms with Crippen LogP contribution in [0.15, 0.2) is 67.4 Å². The second-order valence-electron chi connectivity index (χ2n) is 9.04. The molecule has 1 amide bonds. The lowest BCUT2D eigenvalue weighted by atomic mass is 10.0. The topological polar surface area (TPSA) is 98.3 Å². The van der Waals surface area contributed by atoms with Crippen LogP contribution < -0.4 is 15.8 Å². The molecule has 3 heterocycles. The number of likely N-dealkylation sites (tertiary alicyclic amines) is 1. The first-order valence-corrected chi connectivity index (χ1v) is 12.2. The Bertz CT molecular complexity index is 1450. The molecular weight excluding hydrogens is 471 g/mol. The molecule has 1 atom stereocenters. The molecule has 2 aromatic heterocycles. The second-order valence-corrected chi connectivity index (χ2v) is 9.04. The fraction of sp³-hybridized carbons (Fsp3) is 0.250. The molecule has 0 spiro atoms. The van der Waals surface area contributed by atoms with E-state index in [1.165, 1.54) is 12.1 Å². The number of benzene rings is 2. The standard InChI is InChI=1S/C28H29FN6O2/c1-3-25(36)34-13-11-21(17-34)32-27-26-23(19-6-7-20(15-30)24(29)14-19)10-12-31-28(26)35(33-27)16-18-4-8-22(37-2)9-5-18/h3-10,12,14,21H,1,11,13,15-17,30H2,2H3,(H,32,33)/t21-/m1/s1. The number of hydrogen-bond acceptors (Lipinski definition) is 6. The minimum atomic E-state index is -0.348. The quantitative estimate of drug-likeness (QED) is 0.356. The van der Waals surface area contributed by atoms with Crippen molar-refractivity contribution in [2.75, 3.05) is 25.5 Å². The second kappa shape index (κ2) is 10.4. The molecular formula is C28H29FN6O2. The largest absolute Gasteiger partial charge is 0.497 e. The molecule has 3 N–H and O–H groups in total. The lowest BCUT2D eigenvalue weighted by Gasteiger charge is -2.15. The number of carbonyl (C=O) groups excluding carboxylic acids is 1. The Morgan fingerprint density at radius 1 is 1.27 bits per heavy atom. The van der Waals surface area contributed by atoms with Crippen LogP contribution in [0.5, 0.6) is 5.75 Å². The first-order valence-electron chi connectivity index (χ1n) is 12.2. The highest BCUT2D eigenvalue weighted by Crippen LogP contribution is 2.35. The monoisotopic (exact) mass is 500 g/mol. The zero-order valence-electron chi connectivity index (χ0n) is 20.7. The predicted octanol–water partition coefficient (Wildman–Crippen LogP) is 3.95. The Kier molecular flexibility index (Phi) is 6.87. The van der Waals surface area contributed by atoms with Crippen molar-refractivity contribution < 1.29 is 13.9 Å². The zero-order valence-corrected chi connectivity index (χ0v) is 20.7. The third-order valence-electron chi connectivity index (χ3n) is 6.72. The number of pyridine rings is 1. The van der Waals surface area contributed by atoms with Gasteiger partial charge in [0.05, 0.1) is 19.0 Å². The molecule has 0 saturated carbocycles. The van der Waals surface area contributed by atoms with Crippen molar-refractivity contribution in [3.05, 3.63) is 84.3 Å². The summed E-state index contributed by atoms with van der Waals surface area (Å²) in [5, 5.41) is 9.22. The summed E-state index contributed by atoms with van der Waals surface area (Å²) in [7, 11) is 1.63. The summed E-state index contributed by atoms with van der Waals surface area (Å²) in [6.45, 7) is 5.41. The van der Waals surface area contributed by atoms with Gasteiger partial charge < -0.3 is 20.7 Å². The van der Waals surface area contributed by atoms with Crippen molar-refractivity contribution in [2.24, 2.45) is 5.73 Å². The average Bonchev–Trinajstić information content (AvgIpc) is 3.53. The Labute approximate surface area is 214 Å². The maximum Gasteiger partial charge on any atom is 0.246 e. The van der Waals surface area contributed by atoms with Gasteiger partial charge in [-0.15, -0.1) is 0 Å². The van der Waals surface area contributed by atoms with E-state index in [2.05, 4.69) is 16.9 Å². The van der Waals surface area contributed by atoms with E-state index >= 15 is 0 Å². The lowest BCUT2D eigenvalue weighted by Crippen LogP contribution is -2.30. The van der Waals surface area contributed by atoms with Crippen molar-refractivity contribution in [1.82, 2.24) is 19.7 Å². The van der Waals surface area contributed by atoms with E-state index in [4.69, 9.17) is 15.6 Å². The molecule has 8 nitrogen and oxygen atoms in total. The molecule has 37 heavy (non-hydrogen) atoms. The molecule has 0 aliphatic carbocycles. The van der Waals surface area contributed by atoms with Gasteiger partial charge in [-0.1, -0.05) is 30.8 Å². The summed E-state index contributed by atoms with van der Waals surface area (Å²) in [6, 6.07) is 14.7. The van der Waals surface area contributed by atoms with Gasteiger partial charge in [-0.2, -0.15) is 5.10 Å². The van der Waals surface area contributed by atoms with E-state index in [0.29, 0.717) is 42.2 Å². The van der Waals surface area contributed by atoms with E-state index in [0.717, 1.165) is 28.7 Å². The van der Waals surface area contributed by atoms with Crippen LogP contribution in [0.2, 0.25) is 0 Å². The molecule has 4 aromatic rings. The van der Waals surface area contributed by atoms with E-state index in [1.54, 1.807) is 24.3 Å². The molecule has 1 saturated heterocycles. The number of fused-ring (bicyclic) bond motifs is 1. The highest BCUT2D eigenvalue weighted by atomic mass is 19.1. The van der Waals surface area contributed by atoms with Crippen molar-refractivity contribution in [3.63, 3.8) is 0 Å². The van der Waals surface area contributed by atoms with Gasteiger partial charge in [0.15, 0.2) is 11.5 Å². The van der Waals surface area contributed by atoms with Crippen LogP contribution in [-0.4, -0.2) is 51.8 Å². The first kappa shape index (κ1) is 24.5. The summed E-state index contributed by atoms with van der Waals surface area (Å²) >= 11 is 0. The van der Waals surface area contributed by atoms with Crippen molar-refractivity contribution >= 4 is 22.8 Å². The van der Waals surface area contributed by atoms with E-state index in [-0.39, 0.29) is 24.3 Å². The molecule has 9 heteroatoms. The number of anilines is 1. The maximum atomic E-state index is 14.7. The molecule has 0 radical (unpaired) electrons. The molecule has 2 aromatic carbocycles. The molecule has 190 valence electrons. The van der Waals surface area contributed by atoms with Crippen LogP contribution in [0.3, 0.4) is 0 Å². The van der Waals surface area contributed by atoms with Gasteiger partial charge in [0, 0.05) is 37.4 Å². The van der Waals surface area contributed by atoms with E-state index in [9.17, 15) is 9.18 Å². The minimum absolute atomic E-state index is 0.0147. The van der Waals surface area contributed by atoms with Crippen molar-refractivity contribution in [3.8, 4) is 16.9 Å². The van der Waals surface area contributed by atoms with Crippen LogP contribution in [0.25, 0.3) is 22.2 Å². The fourth-order valence-electron chi connectivity index (χ4n) is 4.73. The van der Waals surface area contributed by atoms with Crippen LogP contribution in [-0.2, 0) is 17.9 Å². The third kappa shape index (κ3) is 4.90. The van der Waals surface area contributed by atoms with Gasteiger partial charge in [0.2, 0.25) is 5.91 Å². The molecule has 0 unspecified atom stereocenters. The smallest absolute Gasteiger partial charge is 0.246 e. The molecule has 1 aliphatic heterocycles. The summed E-state index contributed by atoms with van der Waals surface area (Å²) in [5.41, 5.74) is 9.36. The van der Waals surface area contributed by atoms with Crippen LogP contribution >= 0.6 is 0 Å². The summed E-state index contributed by atoms with van der Waals surface area (Å²) in [5.74, 6) is 0.990. The van der Waals surface area contributed by atoms with Gasteiger partial charge in [-0.05, 0) is 53.5 Å². The number of aromatic nitrogens is 3. The third-order valence-corrected chi connectivity index (χ3v) is 6.72. The number of nitrogens with one attached hydrogen (secondary N) is 1. The van der Waals surface area contributed by atoms with Crippen LogP contribution in [0, 0.1) is 5.82 Å². The van der Waals surface area contributed by atoms with E-state index in [1.807, 2.05) is 41.1 Å². The van der Waals surface area contributed by atoms with Gasteiger partial charge in [-0.3, -0.25) is 4.79 Å². The maximum absolute atomic E-state index is 14.7. The fourth-order valence-corrected chi connectivity index (χ4v) is 4.73. The Balaban J connectivity index is 1.57. The van der Waals surface area contributed by atoms with Gasteiger partial charge in [0.25, 0.3) is 0 Å². The zero-order chi connectivity index (χ0) is 25.9. The molecule has 0 bridgehead atoms. The Morgan fingerprint density at radius 3 is 2.78 bits per heavy atom. The number of ether oxygens (including phenoxy) is 1. The minimum Gasteiger partial charge on any atom is -0.497 e. The van der Waals surface area contributed by atoms with E-state index < -0.39 is 0 Å². The van der Waals surface area contributed by atoms with Crippen molar-refractivity contribution in [2.45, 2.75) is 25.6 Å². The normalized spacial score (nSPS) is 15.2. The average molecular weight is 501 g/mol. The molecule has 5 rings (SSSR count). The summed E-state index contributed by atoms with van der Waals surface area (Å²) < 4.78 is 21.8. The number of rotatable bonds is 8. The first-order chi connectivity index (χ1) is 18.0. The Hall–Kier alpha value is -4.24. The highest BCUT2D eigenvalue weighted by molar-refractivity contribution is 6.01. The van der Waals surface area contributed by atoms with Gasteiger partial charge in [0.1, 0.15) is 11.6 Å². The van der Waals surface area contributed by atoms with Crippen LogP contribution in [0.4, 0.5) is 10.2 Å². The molecule has 1 aliphatic rings. The SMILES string of the molecule is C=CC(=O)N1CC[C@@H](Nc2nn(Cc3ccc(OC)cc3)c3nccc(-c4ccc(CN)c(F)c4)c23)C1. The summed E-state index contributed by atoms with van der Waals surface area (Å²) in [6.07, 6.45) is 3.83. The number of nitrogens with two attached hydrogens (primary N) is 1. The lowest BCUT2D eigenvalue weighted by molar-refractivity contribution is -0.125. The number of hydrogen-bond donors (Lipinski definition) is 2. The Morgan fingerprint density at radius 2 is 2.08 bits per heavy atom. The number of carbonyl (C=O) groups is 1. The number of halogens is 1. The van der Waals surface area contributed by atoms with Gasteiger partial charge in [-0.25, -0.2) is 14.1 Å². The van der Waals surface area contributed by atoms with Crippen molar-refractivity contribution in [1.29, 1.82) is 0 Å². The number of amides is 1. The summed E-state index contributed by atoms with van der Waals surface area (Å²) in [4.78, 5) is 18.5.